The molecular formula is C13H18FNO. The lowest BCUT2D eigenvalue weighted by molar-refractivity contribution is 0.173. The Hall–Kier alpha value is -0.930. The summed E-state index contributed by atoms with van der Waals surface area (Å²) in [5, 5.41) is 12.9. The second kappa shape index (κ2) is 4.52. The molecule has 88 valence electrons. The molecule has 1 aromatic carbocycles. The fraction of sp³-hybridized carbons (Fsp3) is 0.538. The number of nitrogens with one attached hydrogen (secondary N) is 1. The fourth-order valence-corrected chi connectivity index (χ4v) is 1.76. The van der Waals surface area contributed by atoms with E-state index in [0.717, 1.165) is 18.0 Å². The number of rotatable bonds is 5. The van der Waals surface area contributed by atoms with E-state index in [4.69, 9.17) is 0 Å². The van der Waals surface area contributed by atoms with Crippen LogP contribution in [-0.2, 0) is 5.54 Å². The molecule has 0 amide bonds. The second-order valence-corrected chi connectivity index (χ2v) is 4.82. The number of halogens is 1. The fourth-order valence-electron chi connectivity index (χ4n) is 1.76. The van der Waals surface area contributed by atoms with Gasteiger partial charge in [-0.05, 0) is 49.9 Å². The van der Waals surface area contributed by atoms with E-state index in [1.54, 1.807) is 12.1 Å². The molecule has 1 saturated carbocycles. The van der Waals surface area contributed by atoms with Gasteiger partial charge in [-0.15, -0.1) is 0 Å². The zero-order valence-corrected chi connectivity index (χ0v) is 9.54. The highest BCUT2D eigenvalue weighted by Crippen LogP contribution is 2.29. The zero-order chi connectivity index (χ0) is 11.6. The smallest absolute Gasteiger partial charge is 0.123 e. The van der Waals surface area contributed by atoms with Crippen molar-refractivity contribution in [1.82, 2.24) is 5.32 Å². The molecule has 0 heterocycles. The summed E-state index contributed by atoms with van der Waals surface area (Å²) in [5.41, 5.74) is 0.466. The SMILES string of the molecule is CC(CO)(NCC1CC1)c1ccc(F)cc1. The maximum atomic E-state index is 12.8. The van der Waals surface area contributed by atoms with Crippen LogP contribution in [0.4, 0.5) is 4.39 Å². The van der Waals surface area contributed by atoms with E-state index in [1.807, 2.05) is 6.92 Å². The van der Waals surface area contributed by atoms with Gasteiger partial charge in [0.05, 0.1) is 12.1 Å². The van der Waals surface area contributed by atoms with Crippen molar-refractivity contribution in [1.29, 1.82) is 0 Å². The van der Waals surface area contributed by atoms with Gasteiger partial charge in [0.25, 0.3) is 0 Å². The molecule has 0 aromatic heterocycles. The summed E-state index contributed by atoms with van der Waals surface area (Å²) in [6, 6.07) is 6.32. The molecule has 1 aliphatic carbocycles. The highest BCUT2D eigenvalue weighted by molar-refractivity contribution is 5.24. The summed E-state index contributed by atoms with van der Waals surface area (Å²) in [6.07, 6.45) is 2.55. The molecular weight excluding hydrogens is 205 g/mol. The van der Waals surface area contributed by atoms with Gasteiger partial charge in [-0.25, -0.2) is 4.39 Å². The van der Waals surface area contributed by atoms with Crippen LogP contribution in [0, 0.1) is 11.7 Å². The normalized spacial score (nSPS) is 19.4. The molecule has 1 fully saturated rings. The van der Waals surface area contributed by atoms with E-state index >= 15 is 0 Å². The predicted octanol–water partition coefficient (Wildman–Crippen LogP) is 2.03. The summed E-state index contributed by atoms with van der Waals surface area (Å²) in [6.45, 7) is 2.89. The van der Waals surface area contributed by atoms with E-state index in [0.29, 0.717) is 0 Å². The molecule has 1 aromatic rings. The van der Waals surface area contributed by atoms with Crippen LogP contribution in [0.5, 0.6) is 0 Å². The van der Waals surface area contributed by atoms with Crippen molar-refractivity contribution in [2.45, 2.75) is 25.3 Å². The lowest BCUT2D eigenvalue weighted by atomic mass is 9.92. The van der Waals surface area contributed by atoms with Crippen molar-refractivity contribution in [3.8, 4) is 0 Å². The van der Waals surface area contributed by atoms with Crippen molar-refractivity contribution in [2.75, 3.05) is 13.2 Å². The monoisotopic (exact) mass is 223 g/mol. The van der Waals surface area contributed by atoms with Crippen LogP contribution >= 0.6 is 0 Å². The summed E-state index contributed by atoms with van der Waals surface area (Å²) in [4.78, 5) is 0. The van der Waals surface area contributed by atoms with Gasteiger partial charge in [-0.2, -0.15) is 0 Å². The van der Waals surface area contributed by atoms with Gasteiger partial charge < -0.3 is 10.4 Å². The topological polar surface area (TPSA) is 32.3 Å². The first-order valence-corrected chi connectivity index (χ1v) is 5.76. The standard InChI is InChI=1S/C13H18FNO/c1-13(9-16,15-8-10-2-3-10)11-4-6-12(14)7-5-11/h4-7,10,15-16H,2-3,8-9H2,1H3. The molecule has 0 radical (unpaired) electrons. The minimum atomic E-state index is -0.462. The van der Waals surface area contributed by atoms with Crippen LogP contribution in [0.25, 0.3) is 0 Å². The largest absolute Gasteiger partial charge is 0.394 e. The van der Waals surface area contributed by atoms with Crippen molar-refractivity contribution in [3.63, 3.8) is 0 Å². The van der Waals surface area contributed by atoms with E-state index in [9.17, 15) is 9.50 Å². The number of aliphatic hydroxyl groups is 1. The van der Waals surface area contributed by atoms with E-state index in [1.165, 1.54) is 25.0 Å². The first-order chi connectivity index (χ1) is 7.64. The first-order valence-electron chi connectivity index (χ1n) is 5.76. The number of hydrogen-bond donors (Lipinski definition) is 2. The molecule has 0 aliphatic heterocycles. The average molecular weight is 223 g/mol. The second-order valence-electron chi connectivity index (χ2n) is 4.82. The quantitative estimate of drug-likeness (QED) is 0.800. The van der Waals surface area contributed by atoms with Crippen LogP contribution in [0.1, 0.15) is 25.3 Å². The van der Waals surface area contributed by atoms with Gasteiger partial charge in [0.1, 0.15) is 5.82 Å². The lowest BCUT2D eigenvalue weighted by Gasteiger charge is -2.29. The Kier molecular flexibility index (Phi) is 3.26. The Balaban J connectivity index is 2.08. The Bertz CT molecular complexity index is 347. The van der Waals surface area contributed by atoms with E-state index < -0.39 is 5.54 Å². The van der Waals surface area contributed by atoms with Gasteiger partial charge in [0.15, 0.2) is 0 Å². The highest BCUT2D eigenvalue weighted by Gasteiger charge is 2.29. The van der Waals surface area contributed by atoms with E-state index in [-0.39, 0.29) is 12.4 Å². The number of aliphatic hydroxyl groups excluding tert-OH is 1. The van der Waals surface area contributed by atoms with Crippen LogP contribution in [0.2, 0.25) is 0 Å². The molecule has 2 N–H and O–H groups in total. The molecule has 16 heavy (non-hydrogen) atoms. The van der Waals surface area contributed by atoms with Crippen molar-refractivity contribution in [2.24, 2.45) is 5.92 Å². The maximum Gasteiger partial charge on any atom is 0.123 e. The molecule has 1 unspecified atom stereocenters. The van der Waals surface area contributed by atoms with Gasteiger partial charge >= 0.3 is 0 Å². The first kappa shape index (κ1) is 11.6. The Morgan fingerprint density at radius 3 is 2.50 bits per heavy atom. The molecule has 2 rings (SSSR count). The third-order valence-electron chi connectivity index (χ3n) is 3.28. The van der Waals surface area contributed by atoms with Crippen molar-refractivity contribution < 1.29 is 9.50 Å². The minimum Gasteiger partial charge on any atom is -0.394 e. The predicted molar refractivity (Wildman–Crippen MR) is 61.6 cm³/mol. The summed E-state index contributed by atoms with van der Waals surface area (Å²) in [5.74, 6) is 0.512. The van der Waals surface area contributed by atoms with Gasteiger partial charge in [0, 0.05) is 0 Å². The Labute approximate surface area is 95.5 Å². The molecule has 0 saturated heterocycles. The summed E-state index contributed by atoms with van der Waals surface area (Å²) in [7, 11) is 0. The molecule has 0 spiro atoms. The molecule has 1 aliphatic rings. The van der Waals surface area contributed by atoms with Crippen LogP contribution < -0.4 is 5.32 Å². The van der Waals surface area contributed by atoms with Crippen molar-refractivity contribution in [3.05, 3.63) is 35.6 Å². The van der Waals surface area contributed by atoms with E-state index in [2.05, 4.69) is 5.32 Å². The van der Waals surface area contributed by atoms with Gasteiger partial charge in [-0.1, -0.05) is 12.1 Å². The number of hydrogen-bond acceptors (Lipinski definition) is 2. The molecule has 2 nitrogen and oxygen atoms in total. The van der Waals surface area contributed by atoms with Crippen LogP contribution in [0.15, 0.2) is 24.3 Å². The number of benzene rings is 1. The third kappa shape index (κ3) is 2.60. The zero-order valence-electron chi connectivity index (χ0n) is 9.54. The molecule has 1 atom stereocenters. The van der Waals surface area contributed by atoms with Crippen molar-refractivity contribution >= 4 is 0 Å². The summed E-state index contributed by atoms with van der Waals surface area (Å²) >= 11 is 0. The van der Waals surface area contributed by atoms with Gasteiger partial charge in [-0.3, -0.25) is 0 Å². The highest BCUT2D eigenvalue weighted by atomic mass is 19.1. The van der Waals surface area contributed by atoms with Gasteiger partial charge in [0.2, 0.25) is 0 Å². The summed E-state index contributed by atoms with van der Waals surface area (Å²) < 4.78 is 12.8. The van der Waals surface area contributed by atoms with Crippen LogP contribution in [0.3, 0.4) is 0 Å². The molecule has 0 bridgehead atoms. The third-order valence-corrected chi connectivity index (χ3v) is 3.28. The molecule has 3 heteroatoms. The maximum absolute atomic E-state index is 12.8. The average Bonchev–Trinajstić information content (AvgIpc) is 3.11. The lowest BCUT2D eigenvalue weighted by Crippen LogP contribution is -2.43. The van der Waals surface area contributed by atoms with Crippen LogP contribution in [-0.4, -0.2) is 18.3 Å². The Morgan fingerprint density at radius 1 is 1.38 bits per heavy atom. The minimum absolute atomic E-state index is 0.0192. The Morgan fingerprint density at radius 2 is 2.00 bits per heavy atom.